The molecule has 8 heteroatoms. The van der Waals surface area contributed by atoms with Crippen LogP contribution in [-0.2, 0) is 13.6 Å². The van der Waals surface area contributed by atoms with E-state index in [0.29, 0.717) is 23.8 Å². The molecule has 3 aromatic heterocycles. The van der Waals surface area contributed by atoms with Gasteiger partial charge in [0.15, 0.2) is 5.82 Å². The van der Waals surface area contributed by atoms with Crippen molar-refractivity contribution in [2.24, 2.45) is 18.7 Å². The number of fused-ring (bicyclic) bond motifs is 2. The summed E-state index contributed by atoms with van der Waals surface area (Å²) in [4.78, 5) is 25.1. The zero-order valence-corrected chi connectivity index (χ0v) is 20.6. The van der Waals surface area contributed by atoms with Gasteiger partial charge >= 0.3 is 0 Å². The van der Waals surface area contributed by atoms with Crippen LogP contribution in [0.2, 0.25) is 0 Å². The highest BCUT2D eigenvalue weighted by Crippen LogP contribution is 2.37. The number of aryl methyl sites for hydroxylation is 2. The average Bonchev–Trinajstić information content (AvgIpc) is 3.53. The number of hydrogen-bond acceptors (Lipinski definition) is 5. The van der Waals surface area contributed by atoms with E-state index in [0.717, 1.165) is 65.2 Å². The van der Waals surface area contributed by atoms with Crippen molar-refractivity contribution in [3.05, 3.63) is 41.6 Å². The van der Waals surface area contributed by atoms with Crippen molar-refractivity contribution in [1.29, 1.82) is 0 Å². The van der Waals surface area contributed by atoms with E-state index in [1.54, 1.807) is 7.11 Å². The van der Waals surface area contributed by atoms with Crippen molar-refractivity contribution in [3.63, 3.8) is 0 Å². The number of nitrogens with zero attached hydrogens (tertiary/aromatic N) is 5. The van der Waals surface area contributed by atoms with Crippen LogP contribution in [0, 0.1) is 12.8 Å². The molecule has 1 unspecified atom stereocenters. The van der Waals surface area contributed by atoms with Crippen LogP contribution in [0.3, 0.4) is 0 Å². The quantitative estimate of drug-likeness (QED) is 0.476. The zero-order chi connectivity index (χ0) is 24.3. The van der Waals surface area contributed by atoms with Crippen LogP contribution in [0.5, 0.6) is 5.75 Å². The first kappa shape index (κ1) is 22.1. The molecular weight excluding hydrogens is 440 g/mol. The van der Waals surface area contributed by atoms with Crippen LogP contribution in [0.25, 0.3) is 33.6 Å². The molecule has 1 saturated carbocycles. The minimum Gasteiger partial charge on any atom is -0.494 e. The normalized spacial score (nSPS) is 18.5. The van der Waals surface area contributed by atoms with E-state index < -0.39 is 0 Å². The van der Waals surface area contributed by atoms with Gasteiger partial charge in [-0.15, -0.1) is 0 Å². The molecule has 8 nitrogen and oxygen atoms in total. The highest BCUT2D eigenvalue weighted by molar-refractivity contribution is 6.00. The minimum atomic E-state index is -0.0184. The number of carbonyl (C=O) groups excluding carboxylic acids is 1. The van der Waals surface area contributed by atoms with Gasteiger partial charge in [0.25, 0.3) is 5.91 Å². The summed E-state index contributed by atoms with van der Waals surface area (Å²) < 4.78 is 10.1. The maximum Gasteiger partial charge on any atom is 0.254 e. The Bertz CT molecular complexity index is 1450. The number of imidazole rings is 1. The number of benzene rings is 1. The molecule has 4 heterocycles. The molecule has 1 amide bonds. The standard InChI is InChI=1S/C27H32N6O2/c1-16-6-9-18-12-22(33(25(18)29-16)14-17-7-8-17)26-30-21-11-19(13-23(35-3)24(21)31(26)2)27(34)32-10-4-5-20(28)15-32/h6,9,11-13,17,20H,4-5,7-8,10,14-15,28H2,1-3H3. The van der Waals surface area contributed by atoms with E-state index in [2.05, 4.69) is 27.3 Å². The summed E-state index contributed by atoms with van der Waals surface area (Å²) in [6, 6.07) is 10.1. The summed E-state index contributed by atoms with van der Waals surface area (Å²) in [5.74, 6) is 2.16. The molecule has 0 bridgehead atoms. The first-order valence-corrected chi connectivity index (χ1v) is 12.5. The first-order valence-electron chi connectivity index (χ1n) is 12.5. The van der Waals surface area contributed by atoms with E-state index in [9.17, 15) is 4.79 Å². The summed E-state index contributed by atoms with van der Waals surface area (Å²) >= 11 is 0. The van der Waals surface area contributed by atoms with E-state index in [-0.39, 0.29) is 11.9 Å². The summed E-state index contributed by atoms with van der Waals surface area (Å²) in [7, 11) is 3.65. The number of likely N-dealkylation sites (tertiary alicyclic amines) is 1. The van der Waals surface area contributed by atoms with Crippen molar-refractivity contribution in [2.45, 2.75) is 45.2 Å². The van der Waals surface area contributed by atoms with Crippen molar-refractivity contribution in [3.8, 4) is 17.3 Å². The fourth-order valence-corrected chi connectivity index (χ4v) is 5.35. The molecule has 2 aliphatic rings. The van der Waals surface area contributed by atoms with Gasteiger partial charge in [-0.2, -0.15) is 0 Å². The Hall–Kier alpha value is -3.39. The Balaban J connectivity index is 1.48. The Morgan fingerprint density at radius 3 is 2.74 bits per heavy atom. The second-order valence-electron chi connectivity index (χ2n) is 10.1. The van der Waals surface area contributed by atoms with Gasteiger partial charge in [-0.05, 0) is 68.9 Å². The van der Waals surface area contributed by atoms with E-state index in [4.69, 9.17) is 20.4 Å². The van der Waals surface area contributed by atoms with Crippen molar-refractivity contribution >= 4 is 28.0 Å². The number of rotatable bonds is 5. The molecule has 4 aromatic rings. The third kappa shape index (κ3) is 3.86. The van der Waals surface area contributed by atoms with Gasteiger partial charge in [0.05, 0.1) is 18.3 Å². The number of amides is 1. The van der Waals surface area contributed by atoms with Crippen molar-refractivity contribution in [2.75, 3.05) is 20.2 Å². The van der Waals surface area contributed by atoms with Gasteiger partial charge in [-0.1, -0.05) is 0 Å². The molecule has 182 valence electrons. The number of hydrogen-bond donors (Lipinski definition) is 1. The van der Waals surface area contributed by atoms with Crippen LogP contribution >= 0.6 is 0 Å². The van der Waals surface area contributed by atoms with Gasteiger partial charge in [-0.25, -0.2) is 9.97 Å². The molecule has 2 fully saturated rings. The molecular formula is C27H32N6O2. The number of aromatic nitrogens is 4. The molecule has 1 atom stereocenters. The van der Waals surface area contributed by atoms with Gasteiger partial charge in [0, 0.05) is 49.4 Å². The SMILES string of the molecule is COc1cc(C(=O)N2CCCC(N)C2)cc2nc(-c3cc4ccc(C)nc4n3CC3CC3)n(C)c12. The predicted octanol–water partition coefficient (Wildman–Crippen LogP) is 3.88. The van der Waals surface area contributed by atoms with E-state index in [1.165, 1.54) is 12.8 Å². The number of methoxy groups -OCH3 is 1. The second-order valence-corrected chi connectivity index (χ2v) is 10.1. The smallest absolute Gasteiger partial charge is 0.254 e. The van der Waals surface area contributed by atoms with Crippen LogP contribution in [-0.4, -0.2) is 56.2 Å². The highest BCUT2D eigenvalue weighted by Gasteiger charge is 2.28. The lowest BCUT2D eigenvalue weighted by molar-refractivity contribution is 0.0708. The molecule has 35 heavy (non-hydrogen) atoms. The minimum absolute atomic E-state index is 0.0184. The maximum absolute atomic E-state index is 13.3. The van der Waals surface area contributed by atoms with E-state index >= 15 is 0 Å². The van der Waals surface area contributed by atoms with Crippen molar-refractivity contribution in [1.82, 2.24) is 24.0 Å². The maximum atomic E-state index is 13.3. The predicted molar refractivity (Wildman–Crippen MR) is 137 cm³/mol. The number of piperidine rings is 1. The van der Waals surface area contributed by atoms with E-state index in [1.807, 2.05) is 31.0 Å². The second kappa shape index (κ2) is 8.37. The van der Waals surface area contributed by atoms with Gasteiger partial charge in [0.1, 0.15) is 16.9 Å². The molecule has 2 N–H and O–H groups in total. The molecule has 1 aromatic carbocycles. The summed E-state index contributed by atoms with van der Waals surface area (Å²) in [5.41, 5.74) is 11.4. The Kier molecular flexibility index (Phi) is 5.29. The first-order chi connectivity index (χ1) is 16.9. The van der Waals surface area contributed by atoms with Gasteiger partial charge < -0.3 is 24.5 Å². The number of nitrogens with two attached hydrogens (primary N) is 1. The summed E-state index contributed by atoms with van der Waals surface area (Å²) in [5, 5.41) is 1.11. The molecule has 1 saturated heterocycles. The number of carbonyl (C=O) groups is 1. The van der Waals surface area contributed by atoms with Crippen LogP contribution in [0.15, 0.2) is 30.3 Å². The Morgan fingerprint density at radius 1 is 1.17 bits per heavy atom. The monoisotopic (exact) mass is 472 g/mol. The highest BCUT2D eigenvalue weighted by atomic mass is 16.5. The number of ether oxygens (including phenoxy) is 1. The summed E-state index contributed by atoms with van der Waals surface area (Å²) in [6.07, 6.45) is 4.40. The topological polar surface area (TPSA) is 91.2 Å². The Labute approximate surface area is 204 Å². The van der Waals surface area contributed by atoms with Crippen LogP contribution < -0.4 is 10.5 Å². The zero-order valence-electron chi connectivity index (χ0n) is 20.6. The van der Waals surface area contributed by atoms with Crippen molar-refractivity contribution < 1.29 is 9.53 Å². The fraction of sp³-hybridized carbons (Fsp3) is 0.444. The largest absolute Gasteiger partial charge is 0.494 e. The fourth-order valence-electron chi connectivity index (χ4n) is 5.35. The Morgan fingerprint density at radius 2 is 2.00 bits per heavy atom. The average molecular weight is 473 g/mol. The van der Waals surface area contributed by atoms with Gasteiger partial charge in [-0.3, -0.25) is 4.79 Å². The molecule has 6 rings (SSSR count). The molecule has 1 aliphatic heterocycles. The molecule has 0 radical (unpaired) electrons. The van der Waals surface area contributed by atoms with Gasteiger partial charge in [0.2, 0.25) is 0 Å². The third-order valence-corrected chi connectivity index (χ3v) is 7.40. The lowest BCUT2D eigenvalue weighted by Gasteiger charge is -2.30. The lowest BCUT2D eigenvalue weighted by Crippen LogP contribution is -2.45. The van der Waals surface area contributed by atoms with Crippen LogP contribution in [0.1, 0.15) is 41.7 Å². The third-order valence-electron chi connectivity index (χ3n) is 7.40. The van der Waals surface area contributed by atoms with Crippen LogP contribution in [0.4, 0.5) is 0 Å². The summed E-state index contributed by atoms with van der Waals surface area (Å²) in [6.45, 7) is 4.28. The molecule has 0 spiro atoms. The number of pyridine rings is 1. The molecule has 1 aliphatic carbocycles. The lowest BCUT2D eigenvalue weighted by atomic mass is 10.0.